The van der Waals surface area contributed by atoms with Crippen LogP contribution in [0.1, 0.15) is 32.6 Å². The Bertz CT molecular complexity index is 815. The highest BCUT2D eigenvalue weighted by Gasteiger charge is 2.31. The predicted octanol–water partition coefficient (Wildman–Crippen LogP) is 1.43. The highest BCUT2D eigenvalue weighted by atomic mass is 32.2. The molecule has 2 fully saturated rings. The number of nitrogens with one attached hydrogen (secondary N) is 1. The molecular weight excluding hydrogens is 362 g/mol. The highest BCUT2D eigenvalue weighted by Crippen LogP contribution is 2.32. The lowest BCUT2D eigenvalue weighted by Gasteiger charge is -2.17. The smallest absolute Gasteiger partial charge is 0.312 e. The van der Waals surface area contributed by atoms with E-state index in [1.807, 2.05) is 0 Å². The zero-order chi connectivity index (χ0) is 18.9. The zero-order valence-electron chi connectivity index (χ0n) is 14.4. The molecule has 0 radical (unpaired) electrons. The summed E-state index contributed by atoms with van der Waals surface area (Å²) in [5, 5.41) is 14.1. The maximum atomic E-state index is 12.6. The van der Waals surface area contributed by atoms with E-state index in [0.717, 1.165) is 31.7 Å². The summed E-state index contributed by atoms with van der Waals surface area (Å²) < 4.78 is 31.9. The number of hydrogen-bond donors (Lipinski definition) is 1. The minimum Gasteiger partial charge on any atom is -0.474 e. The second kappa shape index (κ2) is 7.20. The fourth-order valence-corrected chi connectivity index (χ4v) is 4.31. The van der Waals surface area contributed by atoms with Crippen LogP contribution in [0.2, 0.25) is 0 Å². The first-order valence-corrected chi connectivity index (χ1v) is 9.98. The molecule has 1 aliphatic carbocycles. The largest absolute Gasteiger partial charge is 0.474 e. The van der Waals surface area contributed by atoms with Crippen molar-refractivity contribution in [3.05, 3.63) is 28.3 Å². The van der Waals surface area contributed by atoms with Gasteiger partial charge in [0.15, 0.2) is 11.9 Å². The Morgan fingerprint density at radius 2 is 2.00 bits per heavy atom. The Morgan fingerprint density at radius 3 is 2.58 bits per heavy atom. The molecule has 1 amide bonds. The van der Waals surface area contributed by atoms with Crippen molar-refractivity contribution >= 4 is 21.6 Å². The monoisotopic (exact) mass is 383 g/mol. The molecule has 1 N–H and O–H groups in total. The SMILES string of the molecule is C[C@H](Oc1ccc(S(=O)(=O)N2CCCC2)cc1[N+](=O)[O-])C(=O)NC1CC1. The molecule has 1 saturated heterocycles. The van der Waals surface area contributed by atoms with Gasteiger partial charge < -0.3 is 10.1 Å². The first-order valence-electron chi connectivity index (χ1n) is 8.54. The van der Waals surface area contributed by atoms with Crippen molar-refractivity contribution < 1.29 is 22.9 Å². The third-order valence-corrected chi connectivity index (χ3v) is 6.32. The number of carbonyl (C=O) groups excluding carboxylic acids is 1. The second-order valence-electron chi connectivity index (χ2n) is 6.54. The number of rotatable bonds is 7. The molecule has 0 spiro atoms. The Labute approximate surface area is 151 Å². The minimum atomic E-state index is -3.77. The normalized spacial score (nSPS) is 19.1. The van der Waals surface area contributed by atoms with Crippen LogP contribution < -0.4 is 10.1 Å². The number of nitrogens with zero attached hydrogens (tertiary/aromatic N) is 2. The van der Waals surface area contributed by atoms with E-state index in [0.29, 0.717) is 13.1 Å². The third kappa shape index (κ3) is 3.96. The lowest BCUT2D eigenvalue weighted by Crippen LogP contribution is -2.37. The van der Waals surface area contributed by atoms with E-state index in [4.69, 9.17) is 4.74 Å². The molecule has 26 heavy (non-hydrogen) atoms. The summed E-state index contributed by atoms with van der Waals surface area (Å²) in [7, 11) is -3.77. The molecule has 1 aromatic carbocycles. The van der Waals surface area contributed by atoms with Crippen molar-refractivity contribution in [1.82, 2.24) is 9.62 Å². The summed E-state index contributed by atoms with van der Waals surface area (Å²) in [4.78, 5) is 22.5. The van der Waals surface area contributed by atoms with Crippen LogP contribution in [0.25, 0.3) is 0 Å². The summed E-state index contributed by atoms with van der Waals surface area (Å²) >= 11 is 0. The standard InChI is InChI=1S/C16H21N3O6S/c1-11(16(20)17-12-4-5-12)25-15-7-6-13(10-14(15)19(21)22)26(23,24)18-8-2-3-9-18/h6-7,10-12H,2-5,8-9H2,1H3,(H,17,20)/t11-/m0/s1. The van der Waals surface area contributed by atoms with Crippen molar-refractivity contribution in [2.45, 2.75) is 49.6 Å². The average Bonchev–Trinajstić information content (AvgIpc) is 3.22. The van der Waals surface area contributed by atoms with Gasteiger partial charge in [-0.15, -0.1) is 0 Å². The van der Waals surface area contributed by atoms with E-state index in [1.54, 1.807) is 0 Å². The molecule has 1 aliphatic heterocycles. The van der Waals surface area contributed by atoms with Gasteiger partial charge >= 0.3 is 5.69 Å². The van der Waals surface area contributed by atoms with Gasteiger partial charge in [-0.25, -0.2) is 8.42 Å². The molecule has 1 heterocycles. The van der Waals surface area contributed by atoms with Crippen molar-refractivity contribution in [3.8, 4) is 5.75 Å². The molecule has 9 nitrogen and oxygen atoms in total. The van der Waals surface area contributed by atoms with Crippen molar-refractivity contribution in [2.75, 3.05) is 13.1 Å². The summed E-state index contributed by atoms with van der Waals surface area (Å²) in [5.41, 5.74) is -0.476. The van der Waals surface area contributed by atoms with E-state index in [-0.39, 0.29) is 22.6 Å². The van der Waals surface area contributed by atoms with Crippen molar-refractivity contribution in [3.63, 3.8) is 0 Å². The van der Waals surface area contributed by atoms with E-state index < -0.39 is 26.7 Å². The molecule has 0 bridgehead atoms. The number of ether oxygens (including phenoxy) is 1. The van der Waals surface area contributed by atoms with Crippen LogP contribution in [0, 0.1) is 10.1 Å². The summed E-state index contributed by atoms with van der Waals surface area (Å²) in [6.45, 7) is 2.32. The van der Waals surface area contributed by atoms with Crippen molar-refractivity contribution in [2.24, 2.45) is 0 Å². The van der Waals surface area contributed by atoms with Crippen LogP contribution in [-0.2, 0) is 14.8 Å². The molecule has 1 atom stereocenters. The maximum absolute atomic E-state index is 12.6. The maximum Gasteiger partial charge on any atom is 0.312 e. The first kappa shape index (κ1) is 18.6. The Hall–Kier alpha value is -2.20. The van der Waals surface area contributed by atoms with E-state index in [1.165, 1.54) is 23.4 Å². The van der Waals surface area contributed by atoms with Crippen molar-refractivity contribution in [1.29, 1.82) is 0 Å². The van der Waals surface area contributed by atoms with Crippen LogP contribution in [-0.4, -0.2) is 48.8 Å². The van der Waals surface area contributed by atoms with Gasteiger partial charge in [-0.3, -0.25) is 14.9 Å². The first-order chi connectivity index (χ1) is 12.3. The lowest BCUT2D eigenvalue weighted by molar-refractivity contribution is -0.386. The minimum absolute atomic E-state index is 0.131. The quantitative estimate of drug-likeness (QED) is 0.562. The predicted molar refractivity (Wildman–Crippen MR) is 92.3 cm³/mol. The number of benzene rings is 1. The lowest BCUT2D eigenvalue weighted by atomic mass is 10.3. The van der Waals surface area contributed by atoms with Crippen LogP contribution >= 0.6 is 0 Å². The molecule has 2 aliphatic rings. The number of sulfonamides is 1. The Balaban J connectivity index is 1.82. The van der Waals surface area contributed by atoms with Gasteiger partial charge in [-0.2, -0.15) is 4.31 Å². The fourth-order valence-electron chi connectivity index (χ4n) is 2.77. The van der Waals surface area contributed by atoms with Gasteiger partial charge in [0.2, 0.25) is 10.0 Å². The van der Waals surface area contributed by atoms with E-state index in [9.17, 15) is 23.3 Å². The second-order valence-corrected chi connectivity index (χ2v) is 8.48. The Morgan fingerprint density at radius 1 is 1.35 bits per heavy atom. The van der Waals surface area contributed by atoms with Gasteiger partial charge in [0.25, 0.3) is 5.91 Å². The summed E-state index contributed by atoms with van der Waals surface area (Å²) in [6, 6.07) is 3.66. The molecule has 1 saturated carbocycles. The zero-order valence-corrected chi connectivity index (χ0v) is 15.2. The molecule has 0 unspecified atom stereocenters. The third-order valence-electron chi connectivity index (χ3n) is 4.43. The molecule has 142 valence electrons. The van der Waals surface area contributed by atoms with Gasteiger partial charge in [0, 0.05) is 25.2 Å². The molecule has 0 aromatic heterocycles. The highest BCUT2D eigenvalue weighted by molar-refractivity contribution is 7.89. The summed E-state index contributed by atoms with van der Waals surface area (Å²) in [5.74, 6) is -0.482. The fraction of sp³-hybridized carbons (Fsp3) is 0.562. The van der Waals surface area contributed by atoms with E-state index >= 15 is 0 Å². The number of hydrogen-bond acceptors (Lipinski definition) is 6. The number of nitro benzene ring substituents is 1. The molecule has 10 heteroatoms. The van der Waals surface area contributed by atoms with Crippen LogP contribution in [0.15, 0.2) is 23.1 Å². The van der Waals surface area contributed by atoms with Gasteiger partial charge in [-0.05, 0) is 44.7 Å². The van der Waals surface area contributed by atoms with Crippen LogP contribution in [0.3, 0.4) is 0 Å². The van der Waals surface area contributed by atoms with Crippen LogP contribution in [0.4, 0.5) is 5.69 Å². The number of amides is 1. The number of carbonyl (C=O) groups is 1. The Kier molecular flexibility index (Phi) is 5.15. The van der Waals surface area contributed by atoms with E-state index in [2.05, 4.69) is 5.32 Å². The topological polar surface area (TPSA) is 119 Å². The van der Waals surface area contributed by atoms with Crippen LogP contribution in [0.5, 0.6) is 5.75 Å². The molecular formula is C16H21N3O6S. The van der Waals surface area contributed by atoms with Gasteiger partial charge in [-0.1, -0.05) is 0 Å². The average molecular weight is 383 g/mol. The summed E-state index contributed by atoms with van der Waals surface area (Å²) in [6.07, 6.45) is 2.46. The molecule has 3 rings (SSSR count). The number of nitro groups is 1. The molecule has 1 aromatic rings. The van der Waals surface area contributed by atoms with Gasteiger partial charge in [0.05, 0.1) is 9.82 Å². The van der Waals surface area contributed by atoms with Gasteiger partial charge in [0.1, 0.15) is 0 Å².